The molecule has 0 fully saturated rings. The quantitative estimate of drug-likeness (QED) is 0.744. The molecule has 1 unspecified atom stereocenters. The molecule has 5 nitrogen and oxygen atoms in total. The second-order valence-electron chi connectivity index (χ2n) is 3.34. The molecule has 92 valence electrons. The smallest absolute Gasteiger partial charge is 0.326 e. The molecule has 0 bridgehead atoms. The molecule has 1 atom stereocenters. The van der Waals surface area contributed by atoms with E-state index in [2.05, 4.69) is 10.3 Å². The third kappa shape index (κ3) is 4.86. The third-order valence-electron chi connectivity index (χ3n) is 2.06. The number of hydrogen-bond acceptors (Lipinski definition) is 4. The van der Waals surface area contributed by atoms with Crippen molar-refractivity contribution in [1.29, 1.82) is 0 Å². The number of carboxylic acids is 1. The zero-order chi connectivity index (χ0) is 12.7. The summed E-state index contributed by atoms with van der Waals surface area (Å²) in [6.45, 7) is 1.72. The van der Waals surface area contributed by atoms with Crippen LogP contribution in [-0.2, 0) is 9.59 Å². The Hall–Kier alpha value is -1.56. The van der Waals surface area contributed by atoms with Gasteiger partial charge in [-0.15, -0.1) is 11.8 Å². The first-order chi connectivity index (χ1) is 8.13. The molecular formula is C11H14N2O3S. The van der Waals surface area contributed by atoms with E-state index in [1.807, 2.05) is 0 Å². The Labute approximate surface area is 104 Å². The van der Waals surface area contributed by atoms with Crippen LogP contribution in [-0.4, -0.2) is 33.8 Å². The van der Waals surface area contributed by atoms with Crippen LogP contribution in [0.25, 0.3) is 0 Å². The van der Waals surface area contributed by atoms with Gasteiger partial charge in [0.15, 0.2) is 0 Å². The van der Waals surface area contributed by atoms with Crippen molar-refractivity contribution >= 4 is 23.6 Å². The Bertz CT molecular complexity index is 384. The largest absolute Gasteiger partial charge is 0.480 e. The molecule has 0 aromatic carbocycles. The lowest BCUT2D eigenvalue weighted by Crippen LogP contribution is -2.41. The summed E-state index contributed by atoms with van der Waals surface area (Å²) in [5, 5.41) is 11.2. The van der Waals surface area contributed by atoms with Crippen LogP contribution in [0.1, 0.15) is 13.3 Å². The van der Waals surface area contributed by atoms with Crippen molar-refractivity contribution in [3.63, 3.8) is 0 Å². The van der Waals surface area contributed by atoms with Gasteiger partial charge in [0.2, 0.25) is 5.91 Å². The number of carbonyl (C=O) groups excluding carboxylic acids is 1. The average molecular weight is 254 g/mol. The molecule has 6 heteroatoms. The topological polar surface area (TPSA) is 79.3 Å². The SMILES string of the molecule is CCC(NC(=O)CSc1ccncc1)C(=O)O. The molecular weight excluding hydrogens is 240 g/mol. The Morgan fingerprint density at radius 2 is 2.12 bits per heavy atom. The first-order valence-electron chi connectivity index (χ1n) is 5.18. The fourth-order valence-electron chi connectivity index (χ4n) is 1.16. The van der Waals surface area contributed by atoms with Gasteiger partial charge < -0.3 is 10.4 Å². The van der Waals surface area contributed by atoms with E-state index in [1.54, 1.807) is 31.5 Å². The van der Waals surface area contributed by atoms with Crippen LogP contribution in [0.4, 0.5) is 0 Å². The van der Waals surface area contributed by atoms with E-state index in [1.165, 1.54) is 11.8 Å². The van der Waals surface area contributed by atoms with Gasteiger partial charge in [0, 0.05) is 17.3 Å². The van der Waals surface area contributed by atoms with Crippen molar-refractivity contribution in [3.8, 4) is 0 Å². The summed E-state index contributed by atoms with van der Waals surface area (Å²) in [5.41, 5.74) is 0. The summed E-state index contributed by atoms with van der Waals surface area (Å²) in [4.78, 5) is 27.0. The van der Waals surface area contributed by atoms with Gasteiger partial charge in [-0.05, 0) is 18.6 Å². The van der Waals surface area contributed by atoms with E-state index >= 15 is 0 Å². The van der Waals surface area contributed by atoms with Gasteiger partial charge in [-0.3, -0.25) is 9.78 Å². The van der Waals surface area contributed by atoms with Crippen LogP contribution in [0.3, 0.4) is 0 Å². The minimum absolute atomic E-state index is 0.202. The molecule has 0 aliphatic rings. The fourth-order valence-corrected chi connectivity index (χ4v) is 1.85. The number of pyridine rings is 1. The molecule has 0 aliphatic heterocycles. The number of aromatic nitrogens is 1. The van der Waals surface area contributed by atoms with E-state index in [0.717, 1.165) is 4.90 Å². The first-order valence-corrected chi connectivity index (χ1v) is 6.17. The molecule has 0 aliphatic carbocycles. The maximum Gasteiger partial charge on any atom is 0.326 e. The van der Waals surface area contributed by atoms with Gasteiger partial charge in [-0.1, -0.05) is 6.92 Å². The zero-order valence-corrected chi connectivity index (χ0v) is 10.2. The van der Waals surface area contributed by atoms with Crippen LogP contribution in [0.15, 0.2) is 29.4 Å². The lowest BCUT2D eigenvalue weighted by molar-refractivity contribution is -0.141. The predicted molar refractivity (Wildman–Crippen MR) is 64.8 cm³/mol. The van der Waals surface area contributed by atoms with Gasteiger partial charge in [0.25, 0.3) is 0 Å². The Kier molecular flexibility index (Phi) is 5.48. The van der Waals surface area contributed by atoms with Crippen LogP contribution in [0.5, 0.6) is 0 Å². The van der Waals surface area contributed by atoms with Gasteiger partial charge >= 0.3 is 5.97 Å². The Morgan fingerprint density at radius 3 is 2.65 bits per heavy atom. The number of hydrogen-bond donors (Lipinski definition) is 2. The highest BCUT2D eigenvalue weighted by Gasteiger charge is 2.17. The lowest BCUT2D eigenvalue weighted by atomic mass is 10.2. The molecule has 0 saturated carbocycles. The number of carbonyl (C=O) groups is 2. The molecule has 1 amide bonds. The maximum absolute atomic E-state index is 11.5. The molecule has 2 N–H and O–H groups in total. The highest BCUT2D eigenvalue weighted by atomic mass is 32.2. The highest BCUT2D eigenvalue weighted by molar-refractivity contribution is 8.00. The monoisotopic (exact) mass is 254 g/mol. The Morgan fingerprint density at radius 1 is 1.47 bits per heavy atom. The number of thioether (sulfide) groups is 1. The minimum atomic E-state index is -1.00. The van der Waals surface area contributed by atoms with Crippen molar-refractivity contribution < 1.29 is 14.7 Å². The van der Waals surface area contributed by atoms with Crippen LogP contribution in [0.2, 0.25) is 0 Å². The first kappa shape index (κ1) is 13.5. The van der Waals surface area contributed by atoms with E-state index in [9.17, 15) is 9.59 Å². The molecule has 0 saturated heterocycles. The van der Waals surface area contributed by atoms with E-state index < -0.39 is 12.0 Å². The van der Waals surface area contributed by atoms with E-state index in [-0.39, 0.29) is 11.7 Å². The number of aliphatic carboxylic acids is 1. The number of amides is 1. The van der Waals surface area contributed by atoms with Gasteiger partial charge in [-0.2, -0.15) is 0 Å². The van der Waals surface area contributed by atoms with Gasteiger partial charge in [-0.25, -0.2) is 4.79 Å². The summed E-state index contributed by atoms with van der Waals surface area (Å²) in [6, 6.07) is 2.79. The summed E-state index contributed by atoms with van der Waals surface area (Å²) in [6.07, 6.45) is 3.67. The molecule has 1 aromatic heterocycles. The van der Waals surface area contributed by atoms with Crippen LogP contribution >= 0.6 is 11.8 Å². The standard InChI is InChI=1S/C11H14N2O3S/c1-2-9(11(15)16)13-10(14)7-17-8-3-5-12-6-4-8/h3-6,9H,2,7H2,1H3,(H,13,14)(H,15,16). The second kappa shape index (κ2) is 6.90. The number of nitrogens with one attached hydrogen (secondary N) is 1. The molecule has 17 heavy (non-hydrogen) atoms. The van der Waals surface area contributed by atoms with E-state index in [4.69, 9.17) is 5.11 Å². The minimum Gasteiger partial charge on any atom is -0.480 e. The third-order valence-corrected chi connectivity index (χ3v) is 3.07. The zero-order valence-electron chi connectivity index (χ0n) is 9.42. The molecule has 1 aromatic rings. The van der Waals surface area contributed by atoms with Gasteiger partial charge in [0.1, 0.15) is 6.04 Å². The number of rotatable bonds is 6. The molecule has 0 spiro atoms. The van der Waals surface area contributed by atoms with Crippen molar-refractivity contribution in [2.75, 3.05) is 5.75 Å². The molecule has 1 heterocycles. The van der Waals surface area contributed by atoms with Crippen molar-refractivity contribution in [2.24, 2.45) is 0 Å². The summed E-state index contributed by atoms with van der Waals surface area (Å²) >= 11 is 1.35. The lowest BCUT2D eigenvalue weighted by Gasteiger charge is -2.11. The summed E-state index contributed by atoms with van der Waals surface area (Å²) in [7, 11) is 0. The maximum atomic E-state index is 11.5. The molecule has 1 rings (SSSR count). The summed E-state index contributed by atoms with van der Waals surface area (Å²) in [5.74, 6) is -1.08. The highest BCUT2D eigenvalue weighted by Crippen LogP contribution is 2.15. The van der Waals surface area contributed by atoms with Crippen molar-refractivity contribution in [1.82, 2.24) is 10.3 Å². The average Bonchev–Trinajstić information content (AvgIpc) is 2.34. The normalized spacial score (nSPS) is 11.8. The van der Waals surface area contributed by atoms with Crippen molar-refractivity contribution in [2.45, 2.75) is 24.3 Å². The van der Waals surface area contributed by atoms with Crippen molar-refractivity contribution in [3.05, 3.63) is 24.5 Å². The fraction of sp³-hybridized carbons (Fsp3) is 0.364. The Balaban J connectivity index is 2.37. The van der Waals surface area contributed by atoms with Crippen LogP contribution in [0, 0.1) is 0 Å². The number of carboxylic acid groups (broad SMARTS) is 1. The van der Waals surface area contributed by atoms with E-state index in [0.29, 0.717) is 6.42 Å². The predicted octanol–water partition coefficient (Wildman–Crippen LogP) is 1.15. The summed E-state index contributed by atoms with van der Waals surface area (Å²) < 4.78 is 0. The number of nitrogens with zero attached hydrogens (tertiary/aromatic N) is 1. The second-order valence-corrected chi connectivity index (χ2v) is 4.39. The van der Waals surface area contributed by atoms with Gasteiger partial charge in [0.05, 0.1) is 5.75 Å². The van der Waals surface area contributed by atoms with Crippen LogP contribution < -0.4 is 5.32 Å². The molecule has 0 radical (unpaired) electrons.